The van der Waals surface area contributed by atoms with Crippen LogP contribution in [0.4, 0.5) is 11.6 Å². The van der Waals surface area contributed by atoms with E-state index in [1.807, 2.05) is 53.4 Å². The van der Waals surface area contributed by atoms with Gasteiger partial charge in [-0.05, 0) is 36.4 Å². The quantitative estimate of drug-likeness (QED) is 0.521. The van der Waals surface area contributed by atoms with Crippen molar-refractivity contribution in [3.8, 4) is 5.75 Å². The molecule has 2 aliphatic heterocycles. The molecular formula is C26H25N5O3S. The first-order valence-electron chi connectivity index (χ1n) is 11.3. The van der Waals surface area contributed by atoms with E-state index in [1.54, 1.807) is 37.5 Å². The molecule has 178 valence electrons. The third kappa shape index (κ3) is 4.59. The number of para-hydroxylation sites is 1. The molecule has 1 aromatic heterocycles. The summed E-state index contributed by atoms with van der Waals surface area (Å²) in [6.07, 6.45) is 5.29. The number of rotatable bonds is 4. The first-order chi connectivity index (χ1) is 17.0. The predicted molar refractivity (Wildman–Crippen MR) is 137 cm³/mol. The van der Waals surface area contributed by atoms with Gasteiger partial charge in [0.05, 0.1) is 17.7 Å². The molecule has 3 aromatic rings. The highest BCUT2D eigenvalue weighted by Crippen LogP contribution is 2.42. The van der Waals surface area contributed by atoms with Gasteiger partial charge in [0.25, 0.3) is 11.8 Å². The average Bonchev–Trinajstić information content (AvgIpc) is 2.92. The fourth-order valence-electron chi connectivity index (χ4n) is 4.20. The minimum absolute atomic E-state index is 0.0392. The van der Waals surface area contributed by atoms with Crippen molar-refractivity contribution >= 4 is 41.3 Å². The van der Waals surface area contributed by atoms with Crippen LogP contribution in [0.1, 0.15) is 15.9 Å². The lowest BCUT2D eigenvalue weighted by Gasteiger charge is -2.35. The molecule has 0 saturated carbocycles. The van der Waals surface area contributed by atoms with Gasteiger partial charge in [-0.3, -0.25) is 9.59 Å². The maximum atomic E-state index is 13.2. The van der Waals surface area contributed by atoms with Gasteiger partial charge in [-0.15, -0.1) is 0 Å². The first kappa shape index (κ1) is 22.9. The van der Waals surface area contributed by atoms with Crippen LogP contribution < -0.4 is 14.5 Å². The summed E-state index contributed by atoms with van der Waals surface area (Å²) in [6, 6.07) is 15.0. The van der Waals surface area contributed by atoms with Crippen LogP contribution >= 0.6 is 11.8 Å². The van der Waals surface area contributed by atoms with Crippen molar-refractivity contribution < 1.29 is 14.3 Å². The number of benzene rings is 2. The van der Waals surface area contributed by atoms with E-state index < -0.39 is 0 Å². The maximum absolute atomic E-state index is 13.2. The van der Waals surface area contributed by atoms with Crippen LogP contribution in [0.2, 0.25) is 0 Å². The van der Waals surface area contributed by atoms with Crippen LogP contribution in [-0.4, -0.2) is 67.0 Å². The number of likely N-dealkylation sites (N-methyl/N-ethyl adjacent to an activating group) is 1. The zero-order valence-electron chi connectivity index (χ0n) is 19.5. The molecule has 8 nitrogen and oxygen atoms in total. The van der Waals surface area contributed by atoms with E-state index in [1.165, 1.54) is 11.8 Å². The van der Waals surface area contributed by atoms with Crippen LogP contribution in [0, 0.1) is 0 Å². The summed E-state index contributed by atoms with van der Waals surface area (Å²) in [5, 5.41) is 0. The smallest absolute Gasteiger partial charge is 0.264 e. The van der Waals surface area contributed by atoms with E-state index in [-0.39, 0.29) is 11.8 Å². The number of nitrogens with zero attached hydrogens (tertiary/aromatic N) is 5. The number of carbonyl (C=O) groups is 2. The fraction of sp³-hybridized carbons (Fsp3) is 0.231. The standard InChI is InChI=1S/C26H25N5O3S/c1-29-20-16-19(24(32)30-12-14-31(15-13-30)26-27-10-5-11-28-26)8-9-22(20)35-23(25(29)33)17-18-6-3-4-7-21(18)34-2/h3-11,16-17H,12-15H2,1-2H3. The predicted octanol–water partition coefficient (Wildman–Crippen LogP) is 3.56. The minimum Gasteiger partial charge on any atom is -0.496 e. The third-order valence-corrected chi connectivity index (χ3v) is 7.21. The Labute approximate surface area is 208 Å². The summed E-state index contributed by atoms with van der Waals surface area (Å²) in [5.74, 6) is 1.24. The second-order valence-electron chi connectivity index (χ2n) is 8.23. The molecule has 0 atom stereocenters. The highest BCUT2D eigenvalue weighted by atomic mass is 32.2. The van der Waals surface area contributed by atoms with E-state index in [2.05, 4.69) is 14.9 Å². The lowest BCUT2D eigenvalue weighted by atomic mass is 10.1. The summed E-state index contributed by atoms with van der Waals surface area (Å²) in [6.45, 7) is 2.52. The molecule has 0 unspecified atom stereocenters. The Bertz CT molecular complexity index is 1290. The summed E-state index contributed by atoms with van der Waals surface area (Å²) < 4.78 is 5.42. The van der Waals surface area contributed by atoms with Crippen molar-refractivity contribution in [3.63, 3.8) is 0 Å². The topological polar surface area (TPSA) is 78.9 Å². The highest BCUT2D eigenvalue weighted by molar-refractivity contribution is 8.04. The number of hydrogen-bond donors (Lipinski definition) is 0. The maximum Gasteiger partial charge on any atom is 0.264 e. The summed E-state index contributed by atoms with van der Waals surface area (Å²) in [7, 11) is 3.35. The molecule has 0 spiro atoms. The van der Waals surface area contributed by atoms with Gasteiger partial charge in [-0.25, -0.2) is 9.97 Å². The van der Waals surface area contributed by atoms with Crippen molar-refractivity contribution in [3.05, 3.63) is 77.0 Å². The van der Waals surface area contributed by atoms with Gasteiger partial charge in [0, 0.05) is 61.6 Å². The summed E-state index contributed by atoms with van der Waals surface area (Å²) >= 11 is 1.41. The van der Waals surface area contributed by atoms with Gasteiger partial charge in [-0.2, -0.15) is 0 Å². The number of ether oxygens (including phenoxy) is 1. The van der Waals surface area contributed by atoms with E-state index in [0.717, 1.165) is 16.1 Å². The molecule has 0 aliphatic carbocycles. The van der Waals surface area contributed by atoms with Crippen LogP contribution in [0.25, 0.3) is 6.08 Å². The lowest BCUT2D eigenvalue weighted by molar-refractivity contribution is -0.114. The molecule has 2 amide bonds. The molecule has 1 fully saturated rings. The van der Waals surface area contributed by atoms with Gasteiger partial charge in [-0.1, -0.05) is 30.0 Å². The minimum atomic E-state index is -0.116. The number of aromatic nitrogens is 2. The van der Waals surface area contributed by atoms with E-state index in [4.69, 9.17) is 4.74 Å². The van der Waals surface area contributed by atoms with Gasteiger partial charge in [0.2, 0.25) is 5.95 Å². The first-order valence-corrected chi connectivity index (χ1v) is 12.1. The van der Waals surface area contributed by atoms with Crippen molar-refractivity contribution in [2.45, 2.75) is 4.90 Å². The fourth-order valence-corrected chi connectivity index (χ4v) is 5.28. The normalized spacial score (nSPS) is 16.9. The monoisotopic (exact) mass is 487 g/mol. The number of amides is 2. The number of thioether (sulfide) groups is 1. The Morgan fingerprint density at radius 2 is 1.77 bits per heavy atom. The molecule has 0 radical (unpaired) electrons. The zero-order chi connectivity index (χ0) is 24.4. The Balaban J connectivity index is 1.33. The average molecular weight is 488 g/mol. The number of hydrogen-bond acceptors (Lipinski definition) is 7. The third-order valence-electron chi connectivity index (χ3n) is 6.13. The van der Waals surface area contributed by atoms with Crippen molar-refractivity contribution in [1.82, 2.24) is 14.9 Å². The van der Waals surface area contributed by atoms with Crippen molar-refractivity contribution in [2.75, 3.05) is 50.1 Å². The molecule has 2 aromatic carbocycles. The summed E-state index contributed by atoms with van der Waals surface area (Å²) in [5.41, 5.74) is 2.15. The van der Waals surface area contributed by atoms with Crippen molar-refractivity contribution in [2.24, 2.45) is 0 Å². The Hall–Kier alpha value is -3.85. The van der Waals surface area contributed by atoms with Crippen LogP contribution in [-0.2, 0) is 4.79 Å². The van der Waals surface area contributed by atoms with E-state index >= 15 is 0 Å². The Morgan fingerprint density at radius 3 is 2.51 bits per heavy atom. The molecule has 9 heteroatoms. The molecule has 0 N–H and O–H groups in total. The molecule has 0 bridgehead atoms. The SMILES string of the molecule is COc1ccccc1C=C1Sc2ccc(C(=O)N3CCN(c4ncccn4)CC3)cc2N(C)C1=O. The lowest BCUT2D eigenvalue weighted by Crippen LogP contribution is -2.49. The number of fused-ring (bicyclic) bond motifs is 1. The molecule has 3 heterocycles. The van der Waals surface area contributed by atoms with E-state index in [0.29, 0.717) is 48.3 Å². The Morgan fingerprint density at radius 1 is 1.03 bits per heavy atom. The molecule has 2 aliphatic rings. The van der Waals surface area contributed by atoms with Crippen molar-refractivity contribution in [1.29, 1.82) is 0 Å². The molecule has 1 saturated heterocycles. The number of anilines is 2. The van der Waals surface area contributed by atoms with Gasteiger partial charge >= 0.3 is 0 Å². The molecule has 5 rings (SSSR count). The zero-order valence-corrected chi connectivity index (χ0v) is 20.4. The second kappa shape index (κ2) is 9.79. The number of methoxy groups -OCH3 is 1. The Kier molecular flexibility index (Phi) is 6.41. The van der Waals surface area contributed by atoms with Gasteiger partial charge in [0.15, 0.2) is 0 Å². The van der Waals surface area contributed by atoms with Crippen LogP contribution in [0.3, 0.4) is 0 Å². The van der Waals surface area contributed by atoms with Crippen LogP contribution in [0.5, 0.6) is 5.75 Å². The summed E-state index contributed by atoms with van der Waals surface area (Å²) in [4.78, 5) is 42.0. The van der Waals surface area contributed by atoms with Gasteiger partial charge in [0.1, 0.15) is 5.75 Å². The van der Waals surface area contributed by atoms with Gasteiger partial charge < -0.3 is 19.4 Å². The molecular weight excluding hydrogens is 462 g/mol. The molecule has 35 heavy (non-hydrogen) atoms. The largest absolute Gasteiger partial charge is 0.496 e. The highest BCUT2D eigenvalue weighted by Gasteiger charge is 2.29. The van der Waals surface area contributed by atoms with E-state index in [9.17, 15) is 9.59 Å². The number of piperazine rings is 1. The van der Waals surface area contributed by atoms with Crippen LogP contribution in [0.15, 0.2) is 70.7 Å². The second-order valence-corrected chi connectivity index (χ2v) is 9.31. The number of carbonyl (C=O) groups excluding carboxylic acids is 2.